The summed E-state index contributed by atoms with van der Waals surface area (Å²) >= 11 is 0. The zero-order chi connectivity index (χ0) is 13.4. The maximum atomic E-state index is 11.4. The van der Waals surface area contributed by atoms with Crippen LogP contribution in [-0.4, -0.2) is 67.7 Å². The van der Waals surface area contributed by atoms with Gasteiger partial charge in [-0.25, -0.2) is 4.79 Å². The van der Waals surface area contributed by atoms with Crippen molar-refractivity contribution in [3.05, 3.63) is 5.21 Å². The Morgan fingerprint density at radius 3 is 2.61 bits per heavy atom. The smallest absolute Gasteiger partial charge is 0.409 e. The van der Waals surface area contributed by atoms with E-state index in [9.17, 15) is 10.0 Å². The van der Waals surface area contributed by atoms with Crippen LogP contribution in [-0.2, 0) is 14.3 Å². The molecule has 1 saturated heterocycles. The molecule has 0 N–H and O–H groups in total. The van der Waals surface area contributed by atoms with Crippen LogP contribution in [0.25, 0.3) is 0 Å². The summed E-state index contributed by atoms with van der Waals surface area (Å²) in [5.74, 6) is 0. The van der Waals surface area contributed by atoms with E-state index in [1.54, 1.807) is 11.8 Å². The predicted octanol–water partition coefficient (Wildman–Crippen LogP) is 0.174. The Kier molecular flexibility index (Phi) is 5.98. The standard InChI is InChI=1S/C9H18N4O5/c1-3-17-9(14)11-4-6-12(7-5-11)13(15)10-18-8-16-2/h3-8H2,1-2H3/b13-10-. The number of ether oxygens (including phenoxy) is 2. The maximum absolute atomic E-state index is 11.4. The number of amides is 1. The van der Waals surface area contributed by atoms with Crippen LogP contribution in [0.4, 0.5) is 4.79 Å². The third-order valence-corrected chi connectivity index (χ3v) is 2.32. The van der Waals surface area contributed by atoms with Crippen LogP contribution in [0.3, 0.4) is 0 Å². The number of hydrazine groups is 1. The molecule has 0 radical (unpaired) electrons. The fraction of sp³-hybridized carbons (Fsp3) is 0.889. The third-order valence-electron chi connectivity index (χ3n) is 2.32. The zero-order valence-corrected chi connectivity index (χ0v) is 10.6. The van der Waals surface area contributed by atoms with Gasteiger partial charge in [0.15, 0.2) is 0 Å². The van der Waals surface area contributed by atoms with Gasteiger partial charge in [-0.2, -0.15) is 0 Å². The van der Waals surface area contributed by atoms with E-state index in [0.29, 0.717) is 37.8 Å². The van der Waals surface area contributed by atoms with Gasteiger partial charge in [0.25, 0.3) is 0 Å². The number of methoxy groups -OCH3 is 1. The van der Waals surface area contributed by atoms with Crippen LogP contribution in [0.5, 0.6) is 0 Å². The first kappa shape index (κ1) is 14.3. The molecule has 0 spiro atoms. The summed E-state index contributed by atoms with van der Waals surface area (Å²) in [6.07, 6.45) is -0.359. The fourth-order valence-corrected chi connectivity index (χ4v) is 1.44. The van der Waals surface area contributed by atoms with E-state index in [1.807, 2.05) is 0 Å². The van der Waals surface area contributed by atoms with Gasteiger partial charge in [-0.3, -0.25) is 0 Å². The van der Waals surface area contributed by atoms with Crippen molar-refractivity contribution in [1.29, 1.82) is 0 Å². The van der Waals surface area contributed by atoms with E-state index in [0.717, 1.165) is 0 Å². The Hall–Kier alpha value is -1.77. The zero-order valence-electron chi connectivity index (χ0n) is 10.6. The Bertz CT molecular complexity index is 291. The lowest BCUT2D eigenvalue weighted by molar-refractivity contribution is -0.713. The minimum absolute atomic E-state index is 0.0818. The monoisotopic (exact) mass is 262 g/mol. The molecule has 1 aliphatic rings. The highest BCUT2D eigenvalue weighted by molar-refractivity contribution is 5.67. The lowest BCUT2D eigenvalue weighted by Crippen LogP contribution is -2.50. The number of carbonyl (C=O) groups excluding carboxylic acids is 1. The van der Waals surface area contributed by atoms with E-state index < -0.39 is 0 Å². The van der Waals surface area contributed by atoms with Gasteiger partial charge >= 0.3 is 6.09 Å². The molecule has 0 aromatic heterocycles. The normalized spacial score (nSPS) is 16.7. The lowest BCUT2D eigenvalue weighted by atomic mass is 10.4. The highest BCUT2D eigenvalue weighted by Gasteiger charge is 2.26. The van der Waals surface area contributed by atoms with E-state index in [2.05, 4.69) is 14.9 Å². The highest BCUT2D eigenvalue weighted by Crippen LogP contribution is 2.04. The van der Waals surface area contributed by atoms with Gasteiger partial charge in [-0.15, -0.1) is 5.01 Å². The summed E-state index contributed by atoms with van der Waals surface area (Å²) in [7, 11) is 1.43. The molecule has 1 amide bonds. The van der Waals surface area contributed by atoms with Crippen LogP contribution in [0.2, 0.25) is 0 Å². The number of hydrogen-bond donors (Lipinski definition) is 0. The number of carbonyl (C=O) groups is 1. The maximum Gasteiger partial charge on any atom is 0.409 e. The quantitative estimate of drug-likeness (QED) is 0.231. The van der Waals surface area contributed by atoms with Crippen molar-refractivity contribution in [2.45, 2.75) is 6.92 Å². The molecule has 0 atom stereocenters. The van der Waals surface area contributed by atoms with Crippen molar-refractivity contribution < 1.29 is 24.1 Å². The molecule has 9 nitrogen and oxygen atoms in total. The van der Waals surface area contributed by atoms with Gasteiger partial charge in [-0.1, -0.05) is 0 Å². The molecule has 0 aromatic rings. The topological polar surface area (TPSA) is 89.7 Å². The minimum atomic E-state index is -0.359. The second-order valence-corrected chi connectivity index (χ2v) is 3.51. The number of rotatable bonds is 5. The van der Waals surface area contributed by atoms with Gasteiger partial charge < -0.3 is 24.4 Å². The molecule has 0 aliphatic carbocycles. The number of piperazine rings is 1. The number of nitrogens with zero attached hydrogens (tertiary/aromatic N) is 4. The first-order valence-corrected chi connectivity index (χ1v) is 5.64. The van der Waals surface area contributed by atoms with Gasteiger partial charge in [0, 0.05) is 20.2 Å². The Balaban J connectivity index is 2.34. The first-order valence-electron chi connectivity index (χ1n) is 5.64. The number of hydrogen-bond acceptors (Lipinski definition) is 6. The van der Waals surface area contributed by atoms with Crippen LogP contribution in [0.1, 0.15) is 6.92 Å². The Labute approximate surface area is 105 Å². The van der Waals surface area contributed by atoms with Gasteiger partial charge in [-0.05, 0) is 6.92 Å². The summed E-state index contributed by atoms with van der Waals surface area (Å²) in [6.45, 7) is 3.59. The molecule has 0 unspecified atom stereocenters. The second kappa shape index (κ2) is 7.54. The third kappa shape index (κ3) is 4.24. The summed E-state index contributed by atoms with van der Waals surface area (Å²) in [4.78, 5) is 17.9. The second-order valence-electron chi connectivity index (χ2n) is 3.51. The van der Waals surface area contributed by atoms with Crippen molar-refractivity contribution in [2.75, 3.05) is 46.7 Å². The molecular formula is C9H18N4O5. The largest absolute Gasteiger partial charge is 0.569 e. The molecule has 1 aliphatic heterocycles. The summed E-state index contributed by atoms with van der Waals surface area (Å²) in [5.41, 5.74) is 0. The van der Waals surface area contributed by atoms with E-state index >= 15 is 0 Å². The Morgan fingerprint density at radius 2 is 2.06 bits per heavy atom. The summed E-state index contributed by atoms with van der Waals surface area (Å²) in [6, 6.07) is 0. The fourth-order valence-electron chi connectivity index (χ4n) is 1.44. The van der Waals surface area contributed by atoms with Crippen molar-refractivity contribution in [1.82, 2.24) is 9.91 Å². The molecule has 18 heavy (non-hydrogen) atoms. The van der Waals surface area contributed by atoms with Crippen LogP contribution < -0.4 is 0 Å². The van der Waals surface area contributed by atoms with Crippen LogP contribution >= 0.6 is 0 Å². The molecular weight excluding hydrogens is 244 g/mol. The van der Waals surface area contributed by atoms with Gasteiger partial charge in [0.05, 0.1) is 24.7 Å². The van der Waals surface area contributed by atoms with E-state index in [1.165, 1.54) is 12.1 Å². The average molecular weight is 262 g/mol. The van der Waals surface area contributed by atoms with Crippen molar-refractivity contribution in [3.63, 3.8) is 0 Å². The van der Waals surface area contributed by atoms with Gasteiger partial charge in [0.1, 0.15) is 0 Å². The highest BCUT2D eigenvalue weighted by atomic mass is 16.8. The van der Waals surface area contributed by atoms with E-state index in [4.69, 9.17) is 4.74 Å². The van der Waals surface area contributed by atoms with Crippen molar-refractivity contribution >= 4 is 6.09 Å². The van der Waals surface area contributed by atoms with Crippen molar-refractivity contribution in [2.24, 2.45) is 5.28 Å². The van der Waals surface area contributed by atoms with Crippen LogP contribution in [0, 0.1) is 5.21 Å². The molecule has 9 heteroatoms. The molecule has 104 valence electrons. The Morgan fingerprint density at radius 1 is 1.39 bits per heavy atom. The lowest BCUT2D eigenvalue weighted by Gasteiger charge is -2.30. The molecule has 0 saturated carbocycles. The van der Waals surface area contributed by atoms with Crippen molar-refractivity contribution in [3.8, 4) is 0 Å². The summed E-state index contributed by atoms with van der Waals surface area (Å²) < 4.78 is 9.45. The molecule has 1 heterocycles. The molecule has 1 fully saturated rings. The predicted molar refractivity (Wildman–Crippen MR) is 59.2 cm³/mol. The first-order chi connectivity index (χ1) is 8.69. The minimum Gasteiger partial charge on any atom is -0.569 e. The molecule has 1 rings (SSSR count). The SMILES string of the molecule is CCOC(=O)N1CCN(/[N+]([O-])=N/OCOC)CC1. The van der Waals surface area contributed by atoms with Crippen LogP contribution in [0.15, 0.2) is 5.28 Å². The average Bonchev–Trinajstić information content (AvgIpc) is 2.39. The van der Waals surface area contributed by atoms with E-state index in [-0.39, 0.29) is 12.9 Å². The molecule has 0 aromatic carbocycles. The summed E-state index contributed by atoms with van der Waals surface area (Å²) in [5, 5.41) is 16.1. The molecule has 0 bridgehead atoms. The van der Waals surface area contributed by atoms with Gasteiger partial charge in [0.2, 0.25) is 12.1 Å².